The smallest absolute Gasteiger partial charge is 0.145 e. The van der Waals surface area contributed by atoms with Crippen LogP contribution in [0.1, 0.15) is 12.8 Å². The van der Waals surface area contributed by atoms with Crippen LogP contribution < -0.4 is 5.32 Å². The van der Waals surface area contributed by atoms with E-state index in [1.54, 1.807) is 0 Å². The predicted molar refractivity (Wildman–Crippen MR) is 51.6 cm³/mol. The standard InChI is InChI=1S/C10H16N2O/c13-8-9-1-2-10(7-9)12-5-3-11-4-6-12/h7-8,10-11H,1-6H2/t10-/m1/s1. The molecular weight excluding hydrogens is 164 g/mol. The molecule has 1 fully saturated rings. The lowest BCUT2D eigenvalue weighted by atomic mass is 10.2. The van der Waals surface area contributed by atoms with Crippen molar-refractivity contribution in [3.63, 3.8) is 0 Å². The van der Waals surface area contributed by atoms with E-state index in [-0.39, 0.29) is 0 Å². The lowest BCUT2D eigenvalue weighted by Crippen LogP contribution is -2.47. The first-order chi connectivity index (χ1) is 6.40. The molecule has 0 radical (unpaired) electrons. The Morgan fingerprint density at radius 2 is 2.23 bits per heavy atom. The number of allylic oxidation sites excluding steroid dienone is 1. The van der Waals surface area contributed by atoms with E-state index in [9.17, 15) is 4.79 Å². The quantitative estimate of drug-likeness (QED) is 0.615. The highest BCUT2D eigenvalue weighted by Gasteiger charge is 2.22. The average molecular weight is 180 g/mol. The molecule has 1 saturated heterocycles. The average Bonchev–Trinajstić information content (AvgIpc) is 2.67. The zero-order valence-corrected chi connectivity index (χ0v) is 7.83. The van der Waals surface area contributed by atoms with Crippen LogP contribution in [0.4, 0.5) is 0 Å². The SMILES string of the molecule is O=CC1=C[C@H](N2CCNCC2)CC1. The van der Waals surface area contributed by atoms with Crippen molar-refractivity contribution in [1.82, 2.24) is 10.2 Å². The predicted octanol–water partition coefficient (Wildman–Crippen LogP) is 0.179. The van der Waals surface area contributed by atoms with Gasteiger partial charge < -0.3 is 5.32 Å². The molecule has 0 bridgehead atoms. The van der Waals surface area contributed by atoms with Crippen LogP contribution in [0.5, 0.6) is 0 Å². The summed E-state index contributed by atoms with van der Waals surface area (Å²) < 4.78 is 0. The Bertz CT molecular complexity index is 219. The van der Waals surface area contributed by atoms with Gasteiger partial charge in [-0.15, -0.1) is 0 Å². The second-order valence-corrected chi connectivity index (χ2v) is 3.75. The molecule has 0 aromatic rings. The van der Waals surface area contributed by atoms with Gasteiger partial charge in [0.2, 0.25) is 0 Å². The van der Waals surface area contributed by atoms with Gasteiger partial charge in [-0.1, -0.05) is 6.08 Å². The fourth-order valence-corrected chi connectivity index (χ4v) is 2.13. The van der Waals surface area contributed by atoms with E-state index in [4.69, 9.17) is 0 Å². The fraction of sp³-hybridized carbons (Fsp3) is 0.700. The Morgan fingerprint density at radius 3 is 2.85 bits per heavy atom. The minimum Gasteiger partial charge on any atom is -0.314 e. The third-order valence-electron chi connectivity index (χ3n) is 2.91. The molecule has 2 rings (SSSR count). The number of nitrogens with zero attached hydrogens (tertiary/aromatic N) is 1. The second kappa shape index (κ2) is 4.03. The summed E-state index contributed by atoms with van der Waals surface area (Å²) in [6.45, 7) is 4.40. The molecule has 0 saturated carbocycles. The molecule has 0 aromatic carbocycles. The van der Waals surface area contributed by atoms with Crippen molar-refractivity contribution in [2.24, 2.45) is 0 Å². The molecule has 3 heteroatoms. The lowest BCUT2D eigenvalue weighted by molar-refractivity contribution is -0.105. The third-order valence-corrected chi connectivity index (χ3v) is 2.91. The van der Waals surface area contributed by atoms with Crippen molar-refractivity contribution in [1.29, 1.82) is 0 Å². The van der Waals surface area contributed by atoms with Crippen LogP contribution in [0.25, 0.3) is 0 Å². The number of aldehydes is 1. The van der Waals surface area contributed by atoms with Crippen molar-refractivity contribution in [3.05, 3.63) is 11.6 Å². The van der Waals surface area contributed by atoms with Gasteiger partial charge in [0.25, 0.3) is 0 Å². The second-order valence-electron chi connectivity index (χ2n) is 3.75. The summed E-state index contributed by atoms with van der Waals surface area (Å²) in [6, 6.07) is 0.530. The molecule has 1 N–H and O–H groups in total. The Hall–Kier alpha value is -0.670. The van der Waals surface area contributed by atoms with Crippen LogP contribution in [-0.4, -0.2) is 43.4 Å². The maximum Gasteiger partial charge on any atom is 0.145 e. The van der Waals surface area contributed by atoms with Crippen molar-refractivity contribution >= 4 is 6.29 Å². The van der Waals surface area contributed by atoms with Gasteiger partial charge >= 0.3 is 0 Å². The van der Waals surface area contributed by atoms with Crippen molar-refractivity contribution < 1.29 is 4.79 Å². The van der Waals surface area contributed by atoms with E-state index in [2.05, 4.69) is 16.3 Å². The summed E-state index contributed by atoms with van der Waals surface area (Å²) in [5.74, 6) is 0. The van der Waals surface area contributed by atoms with E-state index in [1.807, 2.05) is 0 Å². The van der Waals surface area contributed by atoms with Crippen molar-refractivity contribution in [2.45, 2.75) is 18.9 Å². The highest BCUT2D eigenvalue weighted by atomic mass is 16.1. The Morgan fingerprint density at radius 1 is 1.46 bits per heavy atom. The van der Waals surface area contributed by atoms with Crippen LogP contribution in [0.2, 0.25) is 0 Å². The number of rotatable bonds is 2. The first-order valence-electron chi connectivity index (χ1n) is 5.01. The summed E-state index contributed by atoms with van der Waals surface area (Å²) >= 11 is 0. The zero-order chi connectivity index (χ0) is 9.10. The fourth-order valence-electron chi connectivity index (χ4n) is 2.13. The molecule has 13 heavy (non-hydrogen) atoms. The summed E-state index contributed by atoms with van der Waals surface area (Å²) in [6.07, 6.45) is 5.24. The Balaban J connectivity index is 1.93. The van der Waals surface area contributed by atoms with Crippen molar-refractivity contribution in [3.8, 4) is 0 Å². The summed E-state index contributed by atoms with van der Waals surface area (Å²) in [4.78, 5) is 13.0. The van der Waals surface area contributed by atoms with Crippen LogP contribution >= 0.6 is 0 Å². The number of piperazine rings is 1. The van der Waals surface area contributed by atoms with Gasteiger partial charge in [-0.3, -0.25) is 9.69 Å². The van der Waals surface area contributed by atoms with Gasteiger partial charge in [0.1, 0.15) is 6.29 Å². The molecular formula is C10H16N2O. The summed E-state index contributed by atoms with van der Waals surface area (Å²) in [5, 5.41) is 3.33. The number of carbonyl (C=O) groups excluding carboxylic acids is 1. The molecule has 1 atom stereocenters. The monoisotopic (exact) mass is 180 g/mol. The van der Waals surface area contributed by atoms with Crippen LogP contribution in [0.3, 0.4) is 0 Å². The molecule has 0 aromatic heterocycles. The van der Waals surface area contributed by atoms with E-state index in [1.165, 1.54) is 0 Å². The number of hydrogen-bond donors (Lipinski definition) is 1. The highest BCUT2D eigenvalue weighted by molar-refractivity contribution is 5.74. The summed E-state index contributed by atoms with van der Waals surface area (Å²) in [7, 11) is 0. The lowest BCUT2D eigenvalue weighted by Gasteiger charge is -2.31. The first-order valence-corrected chi connectivity index (χ1v) is 5.01. The molecule has 2 aliphatic rings. The maximum absolute atomic E-state index is 10.5. The molecule has 1 aliphatic carbocycles. The molecule has 1 heterocycles. The van der Waals surface area contributed by atoms with Crippen LogP contribution in [0, 0.1) is 0 Å². The molecule has 0 spiro atoms. The van der Waals surface area contributed by atoms with Gasteiger partial charge in [-0.05, 0) is 18.4 Å². The van der Waals surface area contributed by atoms with Crippen LogP contribution in [-0.2, 0) is 4.79 Å². The molecule has 1 aliphatic heterocycles. The Kier molecular flexibility index (Phi) is 2.76. The Labute approximate surface area is 78.8 Å². The summed E-state index contributed by atoms with van der Waals surface area (Å²) in [5.41, 5.74) is 0.989. The number of hydrogen-bond acceptors (Lipinski definition) is 3. The first kappa shape index (κ1) is 8.91. The highest BCUT2D eigenvalue weighted by Crippen LogP contribution is 2.21. The van der Waals surface area contributed by atoms with Gasteiger partial charge in [-0.25, -0.2) is 0 Å². The van der Waals surface area contributed by atoms with Gasteiger partial charge in [-0.2, -0.15) is 0 Å². The van der Waals surface area contributed by atoms with Crippen molar-refractivity contribution in [2.75, 3.05) is 26.2 Å². The molecule has 0 amide bonds. The van der Waals surface area contributed by atoms with Gasteiger partial charge in [0, 0.05) is 32.2 Å². The van der Waals surface area contributed by atoms with E-state index in [0.29, 0.717) is 6.04 Å². The normalized spacial score (nSPS) is 30.2. The van der Waals surface area contributed by atoms with Gasteiger partial charge in [0.15, 0.2) is 0 Å². The van der Waals surface area contributed by atoms with E-state index in [0.717, 1.165) is 50.9 Å². The van der Waals surface area contributed by atoms with E-state index < -0.39 is 0 Å². The largest absolute Gasteiger partial charge is 0.314 e. The van der Waals surface area contributed by atoms with Crippen LogP contribution in [0.15, 0.2) is 11.6 Å². The number of nitrogens with one attached hydrogen (secondary N) is 1. The topological polar surface area (TPSA) is 32.3 Å². The molecule has 3 nitrogen and oxygen atoms in total. The minimum atomic E-state index is 0.530. The van der Waals surface area contributed by atoms with Gasteiger partial charge in [0.05, 0.1) is 0 Å². The maximum atomic E-state index is 10.5. The molecule has 0 unspecified atom stereocenters. The zero-order valence-electron chi connectivity index (χ0n) is 7.83. The minimum absolute atomic E-state index is 0.530. The van der Waals surface area contributed by atoms with E-state index >= 15 is 0 Å². The molecule has 72 valence electrons. The number of carbonyl (C=O) groups is 1. The third kappa shape index (κ3) is 1.98.